The molecule has 2 rings (SSSR count). The smallest absolute Gasteiger partial charge is 0.339 e. The largest absolute Gasteiger partial charge is 0.478 e. The minimum Gasteiger partial charge on any atom is -0.478 e. The van der Waals surface area contributed by atoms with E-state index in [4.69, 9.17) is 4.74 Å². The van der Waals surface area contributed by atoms with E-state index in [9.17, 15) is 34.5 Å². The Morgan fingerprint density at radius 1 is 0.846 bits per heavy atom. The van der Waals surface area contributed by atoms with E-state index in [2.05, 4.69) is 0 Å². The third-order valence-electron chi connectivity index (χ3n) is 3.55. The molecule has 0 aromatic heterocycles. The molecular formula is C18H14O8. The standard InChI is InChI=1S/C18H14O8/c1-2-26-18(25)13-10(9-6-4-3-5-7-9)8-11(15(19)20)12(16(21)22)14(13)17(23)24/h3-8H,2H2,1H3,(H,19,20)(H,21,22)(H,23,24). The molecule has 8 nitrogen and oxygen atoms in total. The molecule has 0 fully saturated rings. The second-order valence-corrected chi connectivity index (χ2v) is 5.10. The van der Waals surface area contributed by atoms with Crippen molar-refractivity contribution in [2.75, 3.05) is 6.61 Å². The average molecular weight is 358 g/mol. The molecule has 2 aromatic rings. The second-order valence-electron chi connectivity index (χ2n) is 5.10. The molecule has 0 radical (unpaired) electrons. The normalized spacial score (nSPS) is 10.2. The molecule has 0 unspecified atom stereocenters. The predicted molar refractivity (Wildman–Crippen MR) is 88.7 cm³/mol. The van der Waals surface area contributed by atoms with E-state index in [0.717, 1.165) is 6.07 Å². The summed E-state index contributed by atoms with van der Waals surface area (Å²) in [6.45, 7) is 1.43. The third-order valence-corrected chi connectivity index (χ3v) is 3.55. The minimum absolute atomic E-state index is 0.0381. The van der Waals surface area contributed by atoms with Crippen molar-refractivity contribution in [2.45, 2.75) is 6.92 Å². The van der Waals surface area contributed by atoms with Crippen LogP contribution in [-0.4, -0.2) is 45.8 Å². The number of esters is 1. The van der Waals surface area contributed by atoms with Gasteiger partial charge in [0.15, 0.2) is 0 Å². The fourth-order valence-corrected chi connectivity index (χ4v) is 2.55. The van der Waals surface area contributed by atoms with Gasteiger partial charge in [-0.2, -0.15) is 0 Å². The van der Waals surface area contributed by atoms with E-state index in [1.54, 1.807) is 18.2 Å². The zero-order valence-electron chi connectivity index (χ0n) is 13.6. The first-order chi connectivity index (χ1) is 12.3. The van der Waals surface area contributed by atoms with Gasteiger partial charge in [-0.25, -0.2) is 19.2 Å². The summed E-state index contributed by atoms with van der Waals surface area (Å²) >= 11 is 0. The van der Waals surface area contributed by atoms with Crippen LogP contribution in [0.25, 0.3) is 11.1 Å². The van der Waals surface area contributed by atoms with E-state index in [-0.39, 0.29) is 12.2 Å². The number of hydrogen-bond donors (Lipinski definition) is 3. The average Bonchev–Trinajstić information content (AvgIpc) is 2.60. The summed E-state index contributed by atoms with van der Waals surface area (Å²) in [5.74, 6) is -6.20. The van der Waals surface area contributed by atoms with Crippen molar-refractivity contribution in [2.24, 2.45) is 0 Å². The van der Waals surface area contributed by atoms with Crippen LogP contribution >= 0.6 is 0 Å². The maximum absolute atomic E-state index is 12.4. The highest BCUT2D eigenvalue weighted by atomic mass is 16.5. The Labute approximate surface area is 147 Å². The van der Waals surface area contributed by atoms with Gasteiger partial charge in [-0.05, 0) is 24.1 Å². The molecule has 3 N–H and O–H groups in total. The summed E-state index contributed by atoms with van der Waals surface area (Å²) < 4.78 is 4.87. The number of carbonyl (C=O) groups excluding carboxylic acids is 1. The predicted octanol–water partition coefficient (Wildman–Crippen LogP) is 2.62. The van der Waals surface area contributed by atoms with Crippen LogP contribution in [0.5, 0.6) is 0 Å². The number of aromatic carboxylic acids is 3. The lowest BCUT2D eigenvalue weighted by molar-refractivity contribution is 0.0513. The van der Waals surface area contributed by atoms with E-state index in [1.807, 2.05) is 0 Å². The van der Waals surface area contributed by atoms with Gasteiger partial charge in [0.2, 0.25) is 0 Å². The van der Waals surface area contributed by atoms with Crippen LogP contribution in [0.15, 0.2) is 36.4 Å². The lowest BCUT2D eigenvalue weighted by Crippen LogP contribution is -2.21. The third kappa shape index (κ3) is 3.39. The van der Waals surface area contributed by atoms with Crippen LogP contribution in [0.2, 0.25) is 0 Å². The van der Waals surface area contributed by atoms with E-state index in [0.29, 0.717) is 5.56 Å². The molecule has 0 spiro atoms. The van der Waals surface area contributed by atoms with Crippen LogP contribution in [0.4, 0.5) is 0 Å². The maximum atomic E-state index is 12.4. The molecule has 0 heterocycles. The Morgan fingerprint density at radius 2 is 1.42 bits per heavy atom. The number of benzene rings is 2. The number of carbonyl (C=O) groups is 4. The van der Waals surface area contributed by atoms with Crippen molar-refractivity contribution in [3.05, 3.63) is 58.7 Å². The molecule has 134 valence electrons. The summed E-state index contributed by atoms with van der Waals surface area (Å²) in [5, 5.41) is 28.2. The lowest BCUT2D eigenvalue weighted by Gasteiger charge is -2.16. The lowest BCUT2D eigenvalue weighted by atomic mass is 9.88. The molecule has 0 aliphatic carbocycles. The molecule has 26 heavy (non-hydrogen) atoms. The minimum atomic E-state index is -1.77. The van der Waals surface area contributed by atoms with Gasteiger partial charge < -0.3 is 20.1 Å². The first-order valence-electron chi connectivity index (χ1n) is 7.43. The van der Waals surface area contributed by atoms with Crippen LogP contribution in [-0.2, 0) is 4.74 Å². The number of carboxylic acid groups (broad SMARTS) is 3. The molecule has 0 aliphatic heterocycles. The highest BCUT2D eigenvalue weighted by molar-refractivity contribution is 6.17. The van der Waals surface area contributed by atoms with Gasteiger partial charge in [0, 0.05) is 0 Å². The van der Waals surface area contributed by atoms with Crippen molar-refractivity contribution < 1.29 is 39.2 Å². The quantitative estimate of drug-likeness (QED) is 0.670. The Hall–Kier alpha value is -3.68. The number of rotatable bonds is 6. The molecule has 0 atom stereocenters. The van der Waals surface area contributed by atoms with Crippen LogP contribution < -0.4 is 0 Å². The van der Waals surface area contributed by atoms with Crippen molar-refractivity contribution in [1.29, 1.82) is 0 Å². The Morgan fingerprint density at radius 3 is 1.88 bits per heavy atom. The molecule has 0 aliphatic rings. The van der Waals surface area contributed by atoms with Crippen LogP contribution in [0.1, 0.15) is 48.4 Å². The first kappa shape index (κ1) is 18.7. The van der Waals surface area contributed by atoms with Crippen molar-refractivity contribution in [3.8, 4) is 11.1 Å². The van der Waals surface area contributed by atoms with Gasteiger partial charge in [0.05, 0.1) is 28.9 Å². The van der Waals surface area contributed by atoms with E-state index in [1.165, 1.54) is 19.1 Å². The fraction of sp³-hybridized carbons (Fsp3) is 0.111. The number of ether oxygens (including phenoxy) is 1. The molecule has 0 saturated heterocycles. The molecule has 8 heteroatoms. The summed E-state index contributed by atoms with van der Waals surface area (Å²) in [6, 6.07) is 8.94. The second kappa shape index (κ2) is 7.47. The van der Waals surface area contributed by atoms with Crippen molar-refractivity contribution >= 4 is 23.9 Å². The Kier molecular flexibility index (Phi) is 5.36. The highest BCUT2D eigenvalue weighted by Crippen LogP contribution is 2.32. The van der Waals surface area contributed by atoms with Gasteiger partial charge in [-0.1, -0.05) is 30.3 Å². The fourth-order valence-electron chi connectivity index (χ4n) is 2.55. The maximum Gasteiger partial charge on any atom is 0.339 e. The van der Waals surface area contributed by atoms with Gasteiger partial charge in [-0.15, -0.1) is 0 Å². The van der Waals surface area contributed by atoms with Gasteiger partial charge >= 0.3 is 23.9 Å². The SMILES string of the molecule is CCOC(=O)c1c(-c2ccccc2)cc(C(=O)O)c(C(=O)O)c1C(=O)O. The summed E-state index contributed by atoms with van der Waals surface area (Å²) in [7, 11) is 0. The molecule has 0 amide bonds. The van der Waals surface area contributed by atoms with Gasteiger partial charge in [0.25, 0.3) is 0 Å². The Bertz CT molecular complexity index is 899. The Balaban J connectivity index is 3.03. The van der Waals surface area contributed by atoms with E-state index >= 15 is 0 Å². The first-order valence-corrected chi connectivity index (χ1v) is 7.43. The number of hydrogen-bond acceptors (Lipinski definition) is 5. The van der Waals surface area contributed by atoms with Gasteiger partial charge in [-0.3, -0.25) is 0 Å². The molecule has 0 saturated carbocycles. The summed E-state index contributed by atoms with van der Waals surface area (Å²) in [5.41, 5.74) is -2.83. The van der Waals surface area contributed by atoms with Gasteiger partial charge in [0.1, 0.15) is 0 Å². The molecular weight excluding hydrogens is 344 g/mol. The van der Waals surface area contributed by atoms with Crippen LogP contribution in [0.3, 0.4) is 0 Å². The highest BCUT2D eigenvalue weighted by Gasteiger charge is 2.33. The zero-order chi connectivity index (χ0) is 19.4. The summed E-state index contributed by atoms with van der Waals surface area (Å²) in [6.07, 6.45) is 0. The zero-order valence-corrected chi connectivity index (χ0v) is 13.6. The van der Waals surface area contributed by atoms with Crippen molar-refractivity contribution in [3.63, 3.8) is 0 Å². The van der Waals surface area contributed by atoms with Crippen molar-refractivity contribution in [1.82, 2.24) is 0 Å². The topological polar surface area (TPSA) is 138 Å². The number of carboxylic acids is 3. The molecule has 2 aromatic carbocycles. The van der Waals surface area contributed by atoms with E-state index < -0.39 is 46.1 Å². The monoisotopic (exact) mass is 358 g/mol. The summed E-state index contributed by atoms with van der Waals surface area (Å²) in [4.78, 5) is 47.2. The molecule has 0 bridgehead atoms. The van der Waals surface area contributed by atoms with Crippen LogP contribution in [0, 0.1) is 0 Å².